The molecule has 0 aromatic carbocycles. The van der Waals surface area contributed by atoms with Gasteiger partial charge in [-0.05, 0) is 18.8 Å². The Kier molecular flexibility index (Phi) is 4.68. The molecule has 0 radical (unpaired) electrons. The first-order valence-electron chi connectivity index (χ1n) is 6.57. The first-order valence-corrected chi connectivity index (χ1v) is 7.69. The van der Waals surface area contributed by atoms with Crippen molar-refractivity contribution in [1.29, 1.82) is 0 Å². The van der Waals surface area contributed by atoms with Crippen molar-refractivity contribution in [3.63, 3.8) is 0 Å². The lowest BCUT2D eigenvalue weighted by molar-refractivity contribution is -0.150. The largest absolute Gasteiger partial charge is 0.381 e. The van der Waals surface area contributed by atoms with E-state index >= 15 is 0 Å². The Labute approximate surface area is 107 Å². The number of alkyl halides is 1. The van der Waals surface area contributed by atoms with E-state index in [0.29, 0.717) is 6.10 Å². The molecule has 2 fully saturated rings. The van der Waals surface area contributed by atoms with Crippen LogP contribution in [0.15, 0.2) is 0 Å². The van der Waals surface area contributed by atoms with Crippen molar-refractivity contribution in [2.24, 2.45) is 5.92 Å². The van der Waals surface area contributed by atoms with Gasteiger partial charge in [0.05, 0.1) is 11.7 Å². The van der Waals surface area contributed by atoms with E-state index in [2.05, 4.69) is 22.9 Å². The van der Waals surface area contributed by atoms with Gasteiger partial charge < -0.3 is 9.47 Å². The molecule has 2 rings (SSSR count). The Morgan fingerprint density at radius 3 is 2.56 bits per heavy atom. The van der Waals surface area contributed by atoms with Crippen LogP contribution in [-0.4, -0.2) is 30.2 Å². The Balaban J connectivity index is 1.93. The molecule has 0 spiro atoms. The molecule has 3 heteroatoms. The first kappa shape index (κ1) is 12.8. The van der Waals surface area contributed by atoms with Crippen LogP contribution >= 0.6 is 15.9 Å². The summed E-state index contributed by atoms with van der Waals surface area (Å²) in [5, 5.41) is 0.951. The van der Waals surface area contributed by atoms with Crippen LogP contribution in [0.3, 0.4) is 0 Å². The zero-order valence-corrected chi connectivity index (χ0v) is 11.8. The summed E-state index contributed by atoms with van der Waals surface area (Å²) in [6.45, 7) is 4.05. The van der Waals surface area contributed by atoms with E-state index in [1.807, 2.05) is 0 Å². The monoisotopic (exact) mass is 290 g/mol. The maximum atomic E-state index is 6.45. The molecule has 1 saturated carbocycles. The van der Waals surface area contributed by atoms with Gasteiger partial charge in [0.15, 0.2) is 0 Å². The highest BCUT2D eigenvalue weighted by atomic mass is 79.9. The summed E-state index contributed by atoms with van der Waals surface area (Å²) >= 11 is 3.63. The third-order valence-electron chi connectivity index (χ3n) is 4.08. The van der Waals surface area contributed by atoms with Crippen LogP contribution in [-0.2, 0) is 9.47 Å². The Bertz CT molecular complexity index is 214. The fourth-order valence-electron chi connectivity index (χ4n) is 2.80. The number of rotatable bonds is 3. The smallest absolute Gasteiger partial charge is 0.0826 e. The second-order valence-corrected chi connectivity index (χ2v) is 5.91. The van der Waals surface area contributed by atoms with E-state index in [9.17, 15) is 0 Å². The predicted octanol–water partition coefficient (Wildman–Crippen LogP) is 3.53. The molecule has 2 unspecified atom stereocenters. The van der Waals surface area contributed by atoms with Crippen LogP contribution < -0.4 is 0 Å². The van der Waals surface area contributed by atoms with Gasteiger partial charge in [0, 0.05) is 31.4 Å². The molecular formula is C13H23BrO2. The molecule has 0 amide bonds. The molecule has 1 aliphatic carbocycles. The lowest BCUT2D eigenvalue weighted by Gasteiger charge is -2.41. The maximum absolute atomic E-state index is 6.45. The van der Waals surface area contributed by atoms with E-state index in [0.717, 1.165) is 37.3 Å². The molecule has 1 heterocycles. The van der Waals surface area contributed by atoms with Gasteiger partial charge in [-0.15, -0.1) is 0 Å². The Morgan fingerprint density at radius 1 is 1.25 bits per heavy atom. The summed E-state index contributed by atoms with van der Waals surface area (Å²) in [6.07, 6.45) is 7.86. The molecule has 0 N–H and O–H groups in total. The van der Waals surface area contributed by atoms with Crippen LogP contribution in [0.1, 0.15) is 45.4 Å². The molecule has 1 aliphatic heterocycles. The van der Waals surface area contributed by atoms with Crippen molar-refractivity contribution in [2.45, 2.75) is 57.2 Å². The minimum atomic E-state index is 0.0501. The van der Waals surface area contributed by atoms with Crippen LogP contribution in [0, 0.1) is 5.92 Å². The number of hydrogen-bond donors (Lipinski definition) is 0. The lowest BCUT2D eigenvalue weighted by atomic mass is 9.86. The Hall–Kier alpha value is 0.400. The fraction of sp³-hybridized carbons (Fsp3) is 1.00. The zero-order chi connectivity index (χ0) is 11.4. The van der Waals surface area contributed by atoms with Crippen LogP contribution in [0.25, 0.3) is 0 Å². The second kappa shape index (κ2) is 5.83. The minimum Gasteiger partial charge on any atom is -0.381 e. The van der Waals surface area contributed by atoms with Crippen LogP contribution in [0.2, 0.25) is 0 Å². The molecule has 2 nitrogen and oxygen atoms in total. The fourth-order valence-corrected chi connectivity index (χ4v) is 3.50. The van der Waals surface area contributed by atoms with Gasteiger partial charge in [-0.25, -0.2) is 0 Å². The third kappa shape index (κ3) is 2.99. The van der Waals surface area contributed by atoms with E-state index in [1.54, 1.807) is 0 Å². The second-order valence-electron chi connectivity index (χ2n) is 5.35. The van der Waals surface area contributed by atoms with Gasteiger partial charge in [0.25, 0.3) is 0 Å². The van der Waals surface area contributed by atoms with Gasteiger partial charge >= 0.3 is 0 Å². The SMILES string of the molecule is CC1CCCCC1OC1(CBr)CCOCC1. The van der Waals surface area contributed by atoms with Gasteiger partial charge in [0.1, 0.15) is 0 Å². The van der Waals surface area contributed by atoms with Gasteiger partial charge in [-0.1, -0.05) is 35.7 Å². The maximum Gasteiger partial charge on any atom is 0.0826 e. The normalized spacial score (nSPS) is 34.9. The van der Waals surface area contributed by atoms with Crippen molar-refractivity contribution < 1.29 is 9.47 Å². The molecular weight excluding hydrogens is 268 g/mol. The first-order chi connectivity index (χ1) is 7.76. The van der Waals surface area contributed by atoms with E-state index in [4.69, 9.17) is 9.47 Å². The molecule has 2 aliphatic rings. The summed E-state index contributed by atoms with van der Waals surface area (Å²) in [6, 6.07) is 0. The van der Waals surface area contributed by atoms with Crippen molar-refractivity contribution in [3.05, 3.63) is 0 Å². The highest BCUT2D eigenvalue weighted by molar-refractivity contribution is 9.09. The average molecular weight is 291 g/mol. The summed E-state index contributed by atoms with van der Waals surface area (Å²) < 4.78 is 11.9. The van der Waals surface area contributed by atoms with E-state index < -0.39 is 0 Å². The standard InChI is InChI=1S/C13H23BrO2/c1-11-4-2-3-5-12(11)16-13(10-14)6-8-15-9-7-13/h11-12H,2-10H2,1H3. The predicted molar refractivity (Wildman–Crippen MR) is 69.1 cm³/mol. The number of halogens is 1. The lowest BCUT2D eigenvalue weighted by Crippen LogP contribution is -2.45. The topological polar surface area (TPSA) is 18.5 Å². The summed E-state index contributed by atoms with van der Waals surface area (Å²) in [5.41, 5.74) is 0.0501. The van der Waals surface area contributed by atoms with Gasteiger partial charge in [0.2, 0.25) is 0 Å². The molecule has 0 bridgehead atoms. The van der Waals surface area contributed by atoms with Crippen molar-refractivity contribution in [3.8, 4) is 0 Å². The summed E-state index contributed by atoms with van der Waals surface area (Å²) in [5.74, 6) is 0.729. The minimum absolute atomic E-state index is 0.0501. The molecule has 1 saturated heterocycles. The molecule has 0 aromatic heterocycles. The zero-order valence-electron chi connectivity index (χ0n) is 10.2. The van der Waals surface area contributed by atoms with Gasteiger partial charge in [-0.2, -0.15) is 0 Å². The van der Waals surface area contributed by atoms with Crippen LogP contribution in [0.5, 0.6) is 0 Å². The Morgan fingerprint density at radius 2 is 1.94 bits per heavy atom. The summed E-state index contributed by atoms with van der Waals surface area (Å²) in [4.78, 5) is 0. The van der Waals surface area contributed by atoms with E-state index in [1.165, 1.54) is 25.7 Å². The van der Waals surface area contributed by atoms with Crippen molar-refractivity contribution >= 4 is 15.9 Å². The van der Waals surface area contributed by atoms with E-state index in [-0.39, 0.29) is 5.60 Å². The third-order valence-corrected chi connectivity index (χ3v) is 5.10. The van der Waals surface area contributed by atoms with Gasteiger partial charge in [-0.3, -0.25) is 0 Å². The average Bonchev–Trinajstić information content (AvgIpc) is 2.33. The molecule has 16 heavy (non-hydrogen) atoms. The quantitative estimate of drug-likeness (QED) is 0.741. The van der Waals surface area contributed by atoms with Crippen LogP contribution in [0.4, 0.5) is 0 Å². The number of hydrogen-bond acceptors (Lipinski definition) is 2. The molecule has 0 aromatic rings. The highest BCUT2D eigenvalue weighted by Gasteiger charge is 2.37. The van der Waals surface area contributed by atoms with Crippen molar-refractivity contribution in [1.82, 2.24) is 0 Å². The summed E-state index contributed by atoms with van der Waals surface area (Å²) in [7, 11) is 0. The van der Waals surface area contributed by atoms with Crippen molar-refractivity contribution in [2.75, 3.05) is 18.5 Å². The molecule has 94 valence electrons. The molecule has 2 atom stereocenters. The highest BCUT2D eigenvalue weighted by Crippen LogP contribution is 2.35. The number of ether oxygens (including phenoxy) is 2.